The Morgan fingerprint density at radius 2 is 2.19 bits per heavy atom. The third-order valence-corrected chi connectivity index (χ3v) is 2.06. The zero-order valence-electron chi connectivity index (χ0n) is 9.53. The number of aromatic nitrogens is 1. The average Bonchev–Trinajstić information content (AvgIpc) is 2.26. The molecule has 0 unspecified atom stereocenters. The second-order valence-electron chi connectivity index (χ2n) is 3.44. The first kappa shape index (κ1) is 12.0. The lowest BCUT2D eigenvalue weighted by Crippen LogP contribution is -2.07. The molecule has 84 valence electrons. The van der Waals surface area contributed by atoms with Gasteiger partial charge in [-0.25, -0.2) is 4.98 Å². The van der Waals surface area contributed by atoms with Crippen LogP contribution in [0.25, 0.3) is 0 Å². The molecule has 16 heavy (non-hydrogen) atoms. The number of hydrazone groups is 1. The largest absolute Gasteiger partial charge is 0.304 e. The second-order valence-corrected chi connectivity index (χ2v) is 3.44. The number of hydrogen-bond donors (Lipinski definition) is 2. The maximum absolute atomic E-state index is 10.8. The van der Waals surface area contributed by atoms with E-state index < -0.39 is 0 Å². The molecule has 1 aromatic rings. The molecule has 0 saturated carbocycles. The molecule has 0 amide bonds. The molecule has 0 aliphatic heterocycles. The van der Waals surface area contributed by atoms with Crippen LogP contribution in [0.1, 0.15) is 30.0 Å². The van der Waals surface area contributed by atoms with E-state index in [0.717, 1.165) is 5.69 Å². The predicted octanol–water partition coefficient (Wildman–Crippen LogP) is 2.03. The van der Waals surface area contributed by atoms with E-state index in [2.05, 4.69) is 15.5 Å². The third kappa shape index (κ3) is 2.98. The van der Waals surface area contributed by atoms with Gasteiger partial charge in [-0.3, -0.25) is 10.2 Å². The van der Waals surface area contributed by atoms with Crippen molar-refractivity contribution in [2.24, 2.45) is 5.10 Å². The summed E-state index contributed by atoms with van der Waals surface area (Å²) in [6.45, 7) is 5.18. The summed E-state index contributed by atoms with van der Waals surface area (Å²) < 4.78 is 0. The fourth-order valence-electron chi connectivity index (χ4n) is 0.989. The van der Waals surface area contributed by atoms with E-state index in [-0.39, 0.29) is 0 Å². The highest BCUT2D eigenvalue weighted by Gasteiger charge is 2.02. The Morgan fingerprint density at radius 1 is 1.50 bits per heavy atom. The van der Waals surface area contributed by atoms with Gasteiger partial charge in [0.05, 0.1) is 17.1 Å². The number of nitrogens with zero attached hydrogens (tertiary/aromatic N) is 2. The highest BCUT2D eigenvalue weighted by Crippen LogP contribution is 2.11. The Hall–Kier alpha value is -2.04. The van der Waals surface area contributed by atoms with Gasteiger partial charge in [-0.05, 0) is 32.9 Å². The van der Waals surface area contributed by atoms with E-state index in [1.165, 1.54) is 0 Å². The Bertz CT molecular complexity index is 451. The maximum atomic E-state index is 10.8. The van der Waals surface area contributed by atoms with E-state index in [4.69, 9.17) is 5.41 Å². The molecule has 1 aromatic heterocycles. The van der Waals surface area contributed by atoms with Gasteiger partial charge in [0.25, 0.3) is 0 Å². The highest BCUT2D eigenvalue weighted by molar-refractivity contribution is 6.39. The van der Waals surface area contributed by atoms with Crippen LogP contribution in [0.4, 0.5) is 5.69 Å². The molecule has 0 saturated heterocycles. The van der Waals surface area contributed by atoms with Crippen molar-refractivity contribution in [3.63, 3.8) is 0 Å². The van der Waals surface area contributed by atoms with Crippen LogP contribution in [-0.4, -0.2) is 22.7 Å². The molecule has 1 heterocycles. The molecule has 0 atom stereocenters. The number of carbonyl (C=O) groups is 1. The Kier molecular flexibility index (Phi) is 3.88. The molecule has 1 rings (SSSR count). The minimum atomic E-state index is 0.319. The van der Waals surface area contributed by atoms with Gasteiger partial charge in [-0.15, -0.1) is 0 Å². The summed E-state index contributed by atoms with van der Waals surface area (Å²) in [6, 6.07) is 3.53. The molecule has 2 N–H and O–H groups in total. The Labute approximate surface area is 94.1 Å². The molecule has 0 radical (unpaired) electrons. The third-order valence-electron chi connectivity index (χ3n) is 2.06. The zero-order valence-corrected chi connectivity index (χ0v) is 9.53. The second kappa shape index (κ2) is 5.16. The topological polar surface area (TPSA) is 78.2 Å². The summed E-state index contributed by atoms with van der Waals surface area (Å²) in [5.41, 5.74) is 5.30. The van der Waals surface area contributed by atoms with Crippen LogP contribution in [0.15, 0.2) is 17.2 Å². The lowest BCUT2D eigenvalue weighted by atomic mass is 10.3. The van der Waals surface area contributed by atoms with Crippen LogP contribution in [-0.2, 0) is 0 Å². The fraction of sp³-hybridized carbons (Fsp3) is 0.273. The van der Waals surface area contributed by atoms with Crippen molar-refractivity contribution < 1.29 is 4.79 Å². The van der Waals surface area contributed by atoms with Crippen LogP contribution >= 0.6 is 0 Å². The molecule has 0 fully saturated rings. The number of pyridine rings is 1. The summed E-state index contributed by atoms with van der Waals surface area (Å²) in [5, 5.41) is 11.3. The lowest BCUT2D eigenvalue weighted by molar-refractivity contribution is 0.111. The van der Waals surface area contributed by atoms with E-state index >= 15 is 0 Å². The first-order valence-corrected chi connectivity index (χ1v) is 4.83. The highest BCUT2D eigenvalue weighted by atomic mass is 16.1. The number of anilines is 1. The smallest absolute Gasteiger partial charge is 0.170 e. The van der Waals surface area contributed by atoms with Gasteiger partial charge in [0.15, 0.2) is 6.29 Å². The van der Waals surface area contributed by atoms with Crippen molar-refractivity contribution in [2.45, 2.75) is 20.8 Å². The fourth-order valence-corrected chi connectivity index (χ4v) is 0.989. The molecule has 0 aromatic carbocycles. The molecule has 5 nitrogen and oxygen atoms in total. The van der Waals surface area contributed by atoms with Gasteiger partial charge in [-0.1, -0.05) is 0 Å². The molecule has 0 aliphatic rings. The van der Waals surface area contributed by atoms with Crippen LogP contribution in [0, 0.1) is 12.3 Å². The van der Waals surface area contributed by atoms with Crippen molar-refractivity contribution >= 4 is 23.4 Å². The van der Waals surface area contributed by atoms with Crippen molar-refractivity contribution in [3.8, 4) is 0 Å². The summed E-state index contributed by atoms with van der Waals surface area (Å²) in [5.74, 6) is 0. The van der Waals surface area contributed by atoms with E-state index in [9.17, 15) is 4.79 Å². The van der Waals surface area contributed by atoms with Crippen molar-refractivity contribution in [1.82, 2.24) is 4.98 Å². The predicted molar refractivity (Wildman–Crippen MR) is 64.5 cm³/mol. The average molecular weight is 218 g/mol. The van der Waals surface area contributed by atoms with Crippen molar-refractivity contribution in [1.29, 1.82) is 5.41 Å². The lowest BCUT2D eigenvalue weighted by Gasteiger charge is -2.05. The molecular weight excluding hydrogens is 204 g/mol. The first-order chi connectivity index (χ1) is 7.54. The van der Waals surface area contributed by atoms with Crippen LogP contribution in [0.3, 0.4) is 0 Å². The van der Waals surface area contributed by atoms with Gasteiger partial charge >= 0.3 is 0 Å². The molecule has 0 spiro atoms. The van der Waals surface area contributed by atoms with Crippen LogP contribution in [0.2, 0.25) is 0 Å². The molecule has 5 heteroatoms. The van der Waals surface area contributed by atoms with Gasteiger partial charge in [0, 0.05) is 5.69 Å². The maximum Gasteiger partial charge on any atom is 0.170 e. The molecule has 0 aliphatic carbocycles. The summed E-state index contributed by atoms with van der Waals surface area (Å²) in [7, 11) is 0. The van der Waals surface area contributed by atoms with Crippen LogP contribution in [0.5, 0.6) is 0 Å². The number of aldehydes is 1. The number of hydrogen-bond acceptors (Lipinski definition) is 5. The first-order valence-electron chi connectivity index (χ1n) is 4.83. The minimum absolute atomic E-state index is 0.319. The quantitative estimate of drug-likeness (QED) is 0.461. The van der Waals surface area contributed by atoms with E-state index in [1.54, 1.807) is 26.0 Å². The van der Waals surface area contributed by atoms with Crippen molar-refractivity contribution in [3.05, 3.63) is 23.5 Å². The summed E-state index contributed by atoms with van der Waals surface area (Å²) >= 11 is 0. The molecule has 0 bridgehead atoms. The minimum Gasteiger partial charge on any atom is -0.304 e. The van der Waals surface area contributed by atoms with Gasteiger partial charge < -0.3 is 5.41 Å². The Balaban J connectivity index is 2.93. The number of rotatable bonds is 4. The number of carbonyl (C=O) groups excluding carboxylic acids is 1. The van der Waals surface area contributed by atoms with Gasteiger partial charge in [0.2, 0.25) is 0 Å². The van der Waals surface area contributed by atoms with Gasteiger partial charge in [0.1, 0.15) is 5.69 Å². The molecular formula is C11H14N4O. The number of aryl methyl sites for hydroxylation is 1. The van der Waals surface area contributed by atoms with E-state index in [0.29, 0.717) is 29.1 Å². The van der Waals surface area contributed by atoms with Crippen molar-refractivity contribution in [2.75, 3.05) is 5.43 Å². The summed E-state index contributed by atoms with van der Waals surface area (Å²) in [4.78, 5) is 14.8. The normalized spacial score (nSPS) is 11.1. The number of nitrogens with one attached hydrogen (secondary N) is 2. The monoisotopic (exact) mass is 218 g/mol. The zero-order chi connectivity index (χ0) is 12.1. The summed E-state index contributed by atoms with van der Waals surface area (Å²) in [6.07, 6.45) is 0.678. The standard InChI is InChI=1S/C11H14N4O/c1-7-4-5-10(11(6-16)13-7)15-14-9(3)8(2)12/h4-6,12,15H,1-3H3/b12-8?,14-9-. The Morgan fingerprint density at radius 3 is 2.75 bits per heavy atom. The SMILES string of the molecule is CC(=N)/C(C)=N\Nc1ccc(C)nc1C=O. The van der Waals surface area contributed by atoms with E-state index in [1.807, 2.05) is 6.92 Å². The van der Waals surface area contributed by atoms with Gasteiger partial charge in [-0.2, -0.15) is 5.10 Å². The van der Waals surface area contributed by atoms with Crippen LogP contribution < -0.4 is 5.43 Å².